The smallest absolute Gasteiger partial charge is 0.314 e. The molecular weight excluding hydrogens is 302 g/mol. The number of benzene rings is 1. The van der Waals surface area contributed by atoms with E-state index in [0.717, 1.165) is 11.1 Å². The van der Waals surface area contributed by atoms with E-state index in [4.69, 9.17) is 17.3 Å². The number of nitrogens with two attached hydrogens (primary N) is 1. The van der Waals surface area contributed by atoms with Gasteiger partial charge < -0.3 is 16.0 Å². The number of primary amides is 1. The number of rotatable bonds is 3. The zero-order valence-corrected chi connectivity index (χ0v) is 13.3. The summed E-state index contributed by atoms with van der Waals surface area (Å²) in [5.41, 5.74) is 6.90. The minimum atomic E-state index is -0.403. The number of likely N-dealkylation sites (tertiary alicyclic amines) is 1. The molecule has 1 saturated heterocycles. The fourth-order valence-corrected chi connectivity index (χ4v) is 2.83. The van der Waals surface area contributed by atoms with Gasteiger partial charge in [0, 0.05) is 30.2 Å². The summed E-state index contributed by atoms with van der Waals surface area (Å²) in [4.78, 5) is 24.7. The predicted molar refractivity (Wildman–Crippen MR) is 87.4 cm³/mol. The van der Waals surface area contributed by atoms with E-state index in [0.29, 0.717) is 31.0 Å². The number of piperidine rings is 1. The molecule has 0 bridgehead atoms. The van der Waals surface area contributed by atoms with Gasteiger partial charge in [-0.25, -0.2) is 4.79 Å². The lowest BCUT2D eigenvalue weighted by Crippen LogP contribution is -2.47. The summed E-state index contributed by atoms with van der Waals surface area (Å²) in [5.74, 6) is -0.144. The number of hydrogen-bond donors (Lipinski definition) is 2. The van der Waals surface area contributed by atoms with E-state index in [1.54, 1.807) is 17.0 Å². The fourth-order valence-electron chi connectivity index (χ4n) is 2.54. The van der Waals surface area contributed by atoms with Crippen LogP contribution in [0, 0.1) is 0 Å². The number of nitrogens with one attached hydrogen (secondary N) is 1. The van der Waals surface area contributed by atoms with E-state index in [2.05, 4.69) is 5.32 Å². The molecule has 0 aliphatic carbocycles. The van der Waals surface area contributed by atoms with Gasteiger partial charge in [-0.05, 0) is 37.0 Å². The molecule has 1 aromatic rings. The molecule has 1 heterocycles. The number of hydrogen-bond acceptors (Lipinski definition) is 2. The van der Waals surface area contributed by atoms with Gasteiger partial charge in [-0.15, -0.1) is 0 Å². The van der Waals surface area contributed by atoms with Crippen LogP contribution in [0.5, 0.6) is 0 Å². The van der Waals surface area contributed by atoms with Crippen LogP contribution in [0.2, 0.25) is 5.02 Å². The fraction of sp³-hybridized carbons (Fsp3) is 0.375. The first kappa shape index (κ1) is 16.4. The van der Waals surface area contributed by atoms with E-state index < -0.39 is 6.03 Å². The molecule has 118 valence electrons. The number of carbonyl (C=O) groups excluding carboxylic acids is 2. The maximum atomic E-state index is 12.1. The molecule has 0 atom stereocenters. The van der Waals surface area contributed by atoms with Crippen LogP contribution in [0.25, 0.3) is 5.57 Å². The van der Waals surface area contributed by atoms with E-state index >= 15 is 0 Å². The second-order valence-electron chi connectivity index (χ2n) is 5.42. The summed E-state index contributed by atoms with van der Waals surface area (Å²) >= 11 is 6.12. The zero-order chi connectivity index (χ0) is 16.1. The molecule has 0 saturated carbocycles. The summed E-state index contributed by atoms with van der Waals surface area (Å²) in [7, 11) is 0. The standard InChI is InChI=1S/C16H20ClN3O2/c1-11(13-4-2-3-5-14(13)17)10-15(21)19-12-6-8-20(9-7-12)16(18)22/h2-5,10,12H,6-9H2,1H3,(H2,18,22)(H,19,21)/b11-10+. The Hall–Kier alpha value is -2.01. The van der Waals surface area contributed by atoms with Crippen molar-refractivity contribution in [2.24, 2.45) is 5.73 Å². The van der Waals surface area contributed by atoms with Crippen LogP contribution >= 0.6 is 11.6 Å². The maximum Gasteiger partial charge on any atom is 0.314 e. The average Bonchev–Trinajstić information content (AvgIpc) is 2.48. The number of amides is 3. The Kier molecular flexibility index (Phi) is 5.44. The van der Waals surface area contributed by atoms with Crippen LogP contribution in [-0.4, -0.2) is 36.0 Å². The normalized spacial score (nSPS) is 16.5. The third-order valence-electron chi connectivity index (χ3n) is 3.80. The lowest BCUT2D eigenvalue weighted by atomic mass is 10.0. The van der Waals surface area contributed by atoms with Gasteiger partial charge in [-0.2, -0.15) is 0 Å². The Labute approximate surface area is 135 Å². The van der Waals surface area contributed by atoms with Gasteiger partial charge in [0.15, 0.2) is 0 Å². The molecule has 3 amide bonds. The minimum Gasteiger partial charge on any atom is -0.351 e. The quantitative estimate of drug-likeness (QED) is 0.839. The lowest BCUT2D eigenvalue weighted by Gasteiger charge is -2.30. The first-order valence-electron chi connectivity index (χ1n) is 7.25. The average molecular weight is 322 g/mol. The van der Waals surface area contributed by atoms with Crippen molar-refractivity contribution in [1.29, 1.82) is 0 Å². The molecule has 1 fully saturated rings. The predicted octanol–water partition coefficient (Wildman–Crippen LogP) is 2.40. The molecule has 0 unspecified atom stereocenters. The maximum absolute atomic E-state index is 12.1. The Balaban J connectivity index is 1.92. The Morgan fingerprint density at radius 2 is 1.95 bits per heavy atom. The van der Waals surface area contributed by atoms with Crippen LogP contribution < -0.4 is 11.1 Å². The van der Waals surface area contributed by atoms with Crippen LogP contribution in [0.15, 0.2) is 30.3 Å². The largest absolute Gasteiger partial charge is 0.351 e. The van der Waals surface area contributed by atoms with Crippen LogP contribution in [0.3, 0.4) is 0 Å². The topological polar surface area (TPSA) is 75.4 Å². The molecule has 3 N–H and O–H groups in total. The van der Waals surface area contributed by atoms with Gasteiger partial charge in [0.2, 0.25) is 5.91 Å². The van der Waals surface area contributed by atoms with Gasteiger partial charge in [-0.1, -0.05) is 29.8 Å². The molecular formula is C16H20ClN3O2. The summed E-state index contributed by atoms with van der Waals surface area (Å²) in [6.45, 7) is 3.01. The molecule has 0 aromatic heterocycles. The SMILES string of the molecule is C/C(=C\C(=O)NC1CCN(C(N)=O)CC1)c1ccccc1Cl. The van der Waals surface area contributed by atoms with Gasteiger partial charge in [-0.3, -0.25) is 4.79 Å². The van der Waals surface area contributed by atoms with Crippen molar-refractivity contribution in [2.75, 3.05) is 13.1 Å². The van der Waals surface area contributed by atoms with Crippen LogP contribution in [0.4, 0.5) is 4.79 Å². The van der Waals surface area contributed by atoms with Gasteiger partial charge in [0.25, 0.3) is 0 Å². The van der Waals surface area contributed by atoms with Crippen LogP contribution in [-0.2, 0) is 4.79 Å². The highest BCUT2D eigenvalue weighted by atomic mass is 35.5. The second kappa shape index (κ2) is 7.31. The number of carbonyl (C=O) groups is 2. The molecule has 22 heavy (non-hydrogen) atoms. The van der Waals surface area contributed by atoms with E-state index in [1.165, 1.54) is 0 Å². The summed E-state index contributed by atoms with van der Waals surface area (Å²) < 4.78 is 0. The van der Waals surface area contributed by atoms with Crippen molar-refractivity contribution >= 4 is 29.1 Å². The summed E-state index contributed by atoms with van der Waals surface area (Å²) in [6.07, 6.45) is 2.99. The molecule has 5 nitrogen and oxygen atoms in total. The molecule has 1 aliphatic heterocycles. The van der Waals surface area contributed by atoms with Gasteiger partial charge >= 0.3 is 6.03 Å². The number of allylic oxidation sites excluding steroid dienone is 1. The Morgan fingerprint density at radius 1 is 1.32 bits per heavy atom. The van der Waals surface area contributed by atoms with Crippen molar-refractivity contribution in [3.63, 3.8) is 0 Å². The minimum absolute atomic E-state index is 0.0680. The van der Waals surface area contributed by atoms with Gasteiger partial charge in [0.1, 0.15) is 0 Å². The first-order valence-corrected chi connectivity index (χ1v) is 7.63. The Bertz CT molecular complexity index is 593. The molecule has 1 aliphatic rings. The monoisotopic (exact) mass is 321 g/mol. The lowest BCUT2D eigenvalue weighted by molar-refractivity contribution is -0.117. The zero-order valence-electron chi connectivity index (χ0n) is 12.5. The molecule has 0 radical (unpaired) electrons. The highest BCUT2D eigenvalue weighted by Crippen LogP contribution is 2.22. The summed E-state index contributed by atoms with van der Waals surface area (Å²) in [6, 6.07) is 7.08. The van der Waals surface area contributed by atoms with Crippen molar-refractivity contribution in [2.45, 2.75) is 25.8 Å². The van der Waals surface area contributed by atoms with E-state index in [9.17, 15) is 9.59 Å². The molecule has 2 rings (SSSR count). The third kappa shape index (κ3) is 4.24. The summed E-state index contributed by atoms with van der Waals surface area (Å²) in [5, 5.41) is 3.59. The van der Waals surface area contributed by atoms with Crippen molar-refractivity contribution in [3.05, 3.63) is 40.9 Å². The van der Waals surface area contributed by atoms with E-state index in [-0.39, 0.29) is 11.9 Å². The number of urea groups is 1. The molecule has 6 heteroatoms. The second-order valence-corrected chi connectivity index (χ2v) is 5.82. The molecule has 0 spiro atoms. The number of halogens is 1. The van der Waals surface area contributed by atoms with Crippen molar-refractivity contribution in [3.8, 4) is 0 Å². The van der Waals surface area contributed by atoms with Gasteiger partial charge in [0.05, 0.1) is 0 Å². The third-order valence-corrected chi connectivity index (χ3v) is 4.13. The van der Waals surface area contributed by atoms with Crippen molar-refractivity contribution < 1.29 is 9.59 Å². The first-order chi connectivity index (χ1) is 10.5. The Morgan fingerprint density at radius 3 is 2.55 bits per heavy atom. The van der Waals surface area contributed by atoms with Crippen molar-refractivity contribution in [1.82, 2.24) is 10.2 Å². The molecule has 1 aromatic carbocycles. The van der Waals surface area contributed by atoms with Crippen LogP contribution in [0.1, 0.15) is 25.3 Å². The van der Waals surface area contributed by atoms with E-state index in [1.807, 2.05) is 25.1 Å². The number of nitrogens with zero attached hydrogens (tertiary/aromatic N) is 1. The highest BCUT2D eigenvalue weighted by Gasteiger charge is 2.21. The highest BCUT2D eigenvalue weighted by molar-refractivity contribution is 6.32.